The molecule has 3 rings (SSSR count). The van der Waals surface area contributed by atoms with Crippen molar-refractivity contribution in [2.75, 3.05) is 13.1 Å². The summed E-state index contributed by atoms with van der Waals surface area (Å²) in [5, 5.41) is 12.5. The minimum absolute atomic E-state index is 0.236. The molecule has 3 atom stereocenters. The lowest BCUT2D eigenvalue weighted by molar-refractivity contribution is -0.219. The molecule has 1 aromatic rings. The molecule has 3 heterocycles. The van der Waals surface area contributed by atoms with Crippen LogP contribution >= 0.6 is 0 Å². The minimum Gasteiger partial charge on any atom is -0.477 e. The van der Waals surface area contributed by atoms with Crippen LogP contribution in [0.2, 0.25) is 0 Å². The fraction of sp³-hybridized carbons (Fsp3) is 0.500. The predicted octanol–water partition coefficient (Wildman–Crippen LogP) is 0.511. The van der Waals surface area contributed by atoms with Crippen LogP contribution in [0.3, 0.4) is 0 Å². The molecule has 1 saturated heterocycles. The number of carbonyl (C=O) groups excluding carboxylic acids is 1. The number of aromatic nitrogens is 1. The predicted molar refractivity (Wildman–Crippen MR) is 77.1 cm³/mol. The van der Waals surface area contributed by atoms with Crippen molar-refractivity contribution in [1.82, 2.24) is 20.3 Å². The largest absolute Gasteiger partial charge is 0.477 e. The quantitative estimate of drug-likeness (QED) is 0.696. The number of hydroxylamine groups is 2. The Morgan fingerprint density at radius 3 is 3.12 bits per heavy atom. The van der Waals surface area contributed by atoms with Gasteiger partial charge in [0.05, 0.1) is 24.8 Å². The fourth-order valence-corrected chi connectivity index (χ4v) is 2.86. The first-order valence-corrected chi connectivity index (χ1v) is 7.38. The molecular formula is C14H17FN4O5. The van der Waals surface area contributed by atoms with Gasteiger partial charge in [-0.1, -0.05) is 11.6 Å². The number of rotatable bonds is 7. The Morgan fingerprint density at radius 1 is 1.67 bits per heavy atom. The Labute approximate surface area is 136 Å². The second-order valence-electron chi connectivity index (χ2n) is 5.57. The highest BCUT2D eigenvalue weighted by Crippen LogP contribution is 2.29. The van der Waals surface area contributed by atoms with E-state index in [2.05, 4.69) is 15.1 Å². The van der Waals surface area contributed by atoms with Gasteiger partial charge in [-0.2, -0.15) is 5.06 Å². The Morgan fingerprint density at radius 2 is 2.46 bits per heavy atom. The Balaban J connectivity index is 1.63. The molecule has 1 unspecified atom stereocenters. The molecule has 9 nitrogen and oxygen atoms in total. The summed E-state index contributed by atoms with van der Waals surface area (Å²) in [5.41, 5.74) is 0.913. The lowest BCUT2D eigenvalue weighted by Gasteiger charge is -2.30. The molecule has 130 valence electrons. The summed E-state index contributed by atoms with van der Waals surface area (Å²) in [7, 11) is 0. The van der Waals surface area contributed by atoms with Crippen molar-refractivity contribution >= 4 is 12.0 Å². The number of urea groups is 1. The summed E-state index contributed by atoms with van der Waals surface area (Å²) in [6.07, 6.45) is 2.22. The molecule has 0 aliphatic carbocycles. The van der Waals surface area contributed by atoms with Crippen molar-refractivity contribution in [1.29, 1.82) is 0 Å². The molecule has 1 fully saturated rings. The number of nitrogens with zero attached hydrogens (tertiary/aromatic N) is 3. The van der Waals surface area contributed by atoms with E-state index in [1.807, 2.05) is 6.92 Å². The molecule has 0 spiro atoms. The number of alkyl halides is 1. The zero-order valence-corrected chi connectivity index (χ0v) is 12.9. The molecule has 24 heavy (non-hydrogen) atoms. The maximum absolute atomic E-state index is 13.3. The van der Waals surface area contributed by atoms with E-state index < -0.39 is 24.4 Å². The number of halogens is 1. The molecule has 0 aromatic carbocycles. The van der Waals surface area contributed by atoms with Gasteiger partial charge >= 0.3 is 18.4 Å². The van der Waals surface area contributed by atoms with E-state index in [-0.39, 0.29) is 6.04 Å². The SMILES string of the molecule is CC1=C[C@H]2CN(C(=O)N2O[C@@H](F)C(=O)O)C1CNCc1ncco1. The summed E-state index contributed by atoms with van der Waals surface area (Å²) in [6, 6.07) is -1.29. The van der Waals surface area contributed by atoms with Gasteiger partial charge in [0.1, 0.15) is 6.26 Å². The number of carboxylic acid groups (broad SMARTS) is 1. The second kappa shape index (κ2) is 6.57. The van der Waals surface area contributed by atoms with E-state index >= 15 is 0 Å². The van der Waals surface area contributed by atoms with Gasteiger partial charge in [0.25, 0.3) is 0 Å². The van der Waals surface area contributed by atoms with Gasteiger partial charge in [0.15, 0.2) is 0 Å². The van der Waals surface area contributed by atoms with Crippen molar-refractivity contribution in [2.45, 2.75) is 31.9 Å². The Bertz CT molecular complexity index is 650. The average Bonchev–Trinajstić information content (AvgIpc) is 3.13. The number of aliphatic carboxylic acids is 1. The van der Waals surface area contributed by atoms with Crippen LogP contribution in [0.15, 0.2) is 28.5 Å². The molecule has 2 aliphatic heterocycles. The first-order valence-electron chi connectivity index (χ1n) is 7.38. The van der Waals surface area contributed by atoms with E-state index in [1.54, 1.807) is 12.3 Å². The average molecular weight is 340 g/mol. The molecule has 1 aromatic heterocycles. The number of oxazole rings is 1. The van der Waals surface area contributed by atoms with E-state index in [9.17, 15) is 14.0 Å². The van der Waals surface area contributed by atoms with Crippen LogP contribution in [-0.2, 0) is 16.2 Å². The monoisotopic (exact) mass is 340 g/mol. The van der Waals surface area contributed by atoms with Crippen molar-refractivity contribution < 1.29 is 28.3 Å². The number of fused-ring (bicyclic) bond motifs is 2. The third-order valence-corrected chi connectivity index (χ3v) is 3.97. The second-order valence-corrected chi connectivity index (χ2v) is 5.57. The number of nitrogens with one attached hydrogen (secondary N) is 1. The van der Waals surface area contributed by atoms with Crippen molar-refractivity contribution in [3.05, 3.63) is 30.0 Å². The van der Waals surface area contributed by atoms with Crippen LogP contribution < -0.4 is 5.32 Å². The van der Waals surface area contributed by atoms with Crippen LogP contribution in [0.25, 0.3) is 0 Å². The van der Waals surface area contributed by atoms with Crippen LogP contribution in [0.4, 0.5) is 9.18 Å². The van der Waals surface area contributed by atoms with E-state index in [0.29, 0.717) is 25.5 Å². The van der Waals surface area contributed by atoms with E-state index in [4.69, 9.17) is 9.52 Å². The molecular weight excluding hydrogens is 323 g/mol. The first-order chi connectivity index (χ1) is 11.5. The molecule has 2 amide bonds. The highest BCUT2D eigenvalue weighted by Gasteiger charge is 2.46. The van der Waals surface area contributed by atoms with Gasteiger partial charge in [-0.25, -0.2) is 23.8 Å². The smallest absolute Gasteiger partial charge is 0.368 e. The highest BCUT2D eigenvalue weighted by atomic mass is 19.1. The standard InChI is InChI=1S/C14H17FN4O5/c1-8-4-9-7-18(14(22)19(9)24-12(15)13(20)21)10(8)5-16-6-11-17-2-3-23-11/h2-4,9-10,12,16H,5-7H2,1H3,(H,20,21)/t9-,10?,12+/m0/s1. The normalized spacial score (nSPS) is 24.2. The number of hydrogen-bond donors (Lipinski definition) is 2. The molecule has 2 aliphatic rings. The van der Waals surface area contributed by atoms with Gasteiger partial charge in [-0.3, -0.25) is 0 Å². The first kappa shape index (κ1) is 16.4. The zero-order chi connectivity index (χ0) is 17.3. The van der Waals surface area contributed by atoms with Crippen LogP contribution in [0.1, 0.15) is 12.8 Å². The third kappa shape index (κ3) is 3.10. The topological polar surface area (TPSA) is 108 Å². The van der Waals surface area contributed by atoms with Crippen LogP contribution in [0.5, 0.6) is 0 Å². The minimum atomic E-state index is -2.58. The van der Waals surface area contributed by atoms with Gasteiger partial charge < -0.3 is 19.7 Å². The number of carbonyl (C=O) groups is 2. The molecule has 2 bridgehead atoms. The van der Waals surface area contributed by atoms with Crippen molar-refractivity contribution in [2.24, 2.45) is 0 Å². The lowest BCUT2D eigenvalue weighted by atomic mass is 10.0. The number of carboxylic acids is 1. The van der Waals surface area contributed by atoms with Crippen LogP contribution in [0, 0.1) is 0 Å². The van der Waals surface area contributed by atoms with E-state index in [0.717, 1.165) is 10.6 Å². The summed E-state index contributed by atoms with van der Waals surface area (Å²) in [5.74, 6) is -1.24. The fourth-order valence-electron chi connectivity index (χ4n) is 2.86. The Hall–Kier alpha value is -2.46. The van der Waals surface area contributed by atoms with Gasteiger partial charge in [-0.05, 0) is 6.92 Å². The molecule has 10 heteroatoms. The molecule has 2 N–H and O–H groups in total. The maximum atomic E-state index is 13.3. The van der Waals surface area contributed by atoms with E-state index in [1.165, 1.54) is 11.2 Å². The van der Waals surface area contributed by atoms with Crippen molar-refractivity contribution in [3.8, 4) is 0 Å². The van der Waals surface area contributed by atoms with Crippen molar-refractivity contribution in [3.63, 3.8) is 0 Å². The summed E-state index contributed by atoms with van der Waals surface area (Å²) in [4.78, 5) is 33.1. The summed E-state index contributed by atoms with van der Waals surface area (Å²) < 4.78 is 18.4. The number of hydrogen-bond acceptors (Lipinski definition) is 6. The Kier molecular flexibility index (Phi) is 4.49. The zero-order valence-electron chi connectivity index (χ0n) is 12.9. The highest BCUT2D eigenvalue weighted by molar-refractivity contribution is 5.79. The summed E-state index contributed by atoms with van der Waals surface area (Å²) >= 11 is 0. The third-order valence-electron chi connectivity index (χ3n) is 3.97. The maximum Gasteiger partial charge on any atom is 0.368 e. The van der Waals surface area contributed by atoms with Gasteiger partial charge in [0.2, 0.25) is 5.89 Å². The number of amides is 2. The molecule has 0 radical (unpaired) electrons. The lowest BCUT2D eigenvalue weighted by Crippen LogP contribution is -2.46. The van der Waals surface area contributed by atoms with Gasteiger partial charge in [-0.15, -0.1) is 0 Å². The van der Waals surface area contributed by atoms with Gasteiger partial charge in [0, 0.05) is 13.1 Å². The summed E-state index contributed by atoms with van der Waals surface area (Å²) in [6.45, 7) is 3.04. The molecule has 0 saturated carbocycles. The van der Waals surface area contributed by atoms with Crippen LogP contribution in [-0.4, -0.2) is 63.6 Å².